The van der Waals surface area contributed by atoms with Crippen LogP contribution in [0.4, 0.5) is 0 Å². The number of nitrogens with two attached hydrogens (primary N) is 1. The SMILES string of the molecule is CN(CCCN)S(=O)(=O)NC1CCCC1(C)C. The average Bonchev–Trinajstić information content (AvgIpc) is 2.54. The Labute approximate surface area is 105 Å². The standard InChI is InChI=1S/C11H25N3O2S/c1-11(2)7-4-6-10(11)13-17(15,16)14(3)9-5-8-12/h10,13H,4-9,12H2,1-3H3. The zero-order chi connectivity index (χ0) is 13.1. The van der Waals surface area contributed by atoms with Crippen molar-refractivity contribution in [3.63, 3.8) is 0 Å². The van der Waals surface area contributed by atoms with Gasteiger partial charge in [0, 0.05) is 19.6 Å². The molecule has 0 saturated heterocycles. The molecule has 1 saturated carbocycles. The van der Waals surface area contributed by atoms with Crippen LogP contribution < -0.4 is 10.5 Å². The summed E-state index contributed by atoms with van der Waals surface area (Å²) in [6.45, 7) is 5.22. The molecule has 1 fully saturated rings. The smallest absolute Gasteiger partial charge is 0.279 e. The number of hydrogen-bond donors (Lipinski definition) is 2. The largest absolute Gasteiger partial charge is 0.330 e. The minimum atomic E-state index is -3.36. The molecule has 1 rings (SSSR count). The highest BCUT2D eigenvalue weighted by Gasteiger charge is 2.37. The van der Waals surface area contributed by atoms with Gasteiger partial charge in [-0.05, 0) is 31.2 Å². The van der Waals surface area contributed by atoms with Gasteiger partial charge < -0.3 is 5.73 Å². The van der Waals surface area contributed by atoms with E-state index in [4.69, 9.17) is 5.73 Å². The van der Waals surface area contributed by atoms with E-state index in [1.807, 2.05) is 0 Å². The zero-order valence-corrected chi connectivity index (χ0v) is 11.9. The first-order chi connectivity index (χ1) is 7.79. The Hall–Kier alpha value is -0.170. The van der Waals surface area contributed by atoms with Crippen molar-refractivity contribution in [2.24, 2.45) is 11.1 Å². The van der Waals surface area contributed by atoms with Gasteiger partial charge in [-0.1, -0.05) is 20.3 Å². The molecule has 0 aromatic carbocycles. The predicted molar refractivity (Wildman–Crippen MR) is 69.8 cm³/mol. The van der Waals surface area contributed by atoms with Crippen molar-refractivity contribution in [2.45, 2.75) is 45.6 Å². The van der Waals surface area contributed by atoms with Gasteiger partial charge in [0.15, 0.2) is 0 Å². The number of nitrogens with one attached hydrogen (secondary N) is 1. The quantitative estimate of drug-likeness (QED) is 0.740. The topological polar surface area (TPSA) is 75.4 Å². The summed E-state index contributed by atoms with van der Waals surface area (Å²) in [6, 6.07) is 0.0489. The Morgan fingerprint density at radius 1 is 1.47 bits per heavy atom. The van der Waals surface area contributed by atoms with E-state index in [2.05, 4.69) is 18.6 Å². The van der Waals surface area contributed by atoms with Crippen molar-refractivity contribution in [3.8, 4) is 0 Å². The molecule has 0 spiro atoms. The summed E-state index contributed by atoms with van der Waals surface area (Å²) in [6.07, 6.45) is 3.78. The molecule has 1 atom stereocenters. The molecule has 3 N–H and O–H groups in total. The highest BCUT2D eigenvalue weighted by molar-refractivity contribution is 7.87. The second-order valence-electron chi connectivity index (χ2n) is 5.52. The lowest BCUT2D eigenvalue weighted by atomic mass is 9.88. The van der Waals surface area contributed by atoms with Crippen molar-refractivity contribution < 1.29 is 8.42 Å². The van der Waals surface area contributed by atoms with Crippen LogP contribution in [0.3, 0.4) is 0 Å². The summed E-state index contributed by atoms with van der Waals surface area (Å²) in [4.78, 5) is 0. The third kappa shape index (κ3) is 3.91. The van der Waals surface area contributed by atoms with E-state index in [0.717, 1.165) is 19.3 Å². The molecule has 0 aromatic heterocycles. The maximum Gasteiger partial charge on any atom is 0.279 e. The fraction of sp³-hybridized carbons (Fsp3) is 1.00. The van der Waals surface area contributed by atoms with Gasteiger partial charge in [-0.15, -0.1) is 0 Å². The fourth-order valence-electron chi connectivity index (χ4n) is 2.25. The molecular formula is C11H25N3O2S. The molecule has 17 heavy (non-hydrogen) atoms. The molecule has 6 heteroatoms. The van der Waals surface area contributed by atoms with Crippen LogP contribution in [0, 0.1) is 5.41 Å². The van der Waals surface area contributed by atoms with E-state index in [1.54, 1.807) is 7.05 Å². The molecular weight excluding hydrogens is 238 g/mol. The summed E-state index contributed by atoms with van der Waals surface area (Å²) in [5, 5.41) is 0. The van der Waals surface area contributed by atoms with Crippen molar-refractivity contribution in [1.82, 2.24) is 9.03 Å². The average molecular weight is 263 g/mol. The minimum absolute atomic E-state index is 0.0489. The summed E-state index contributed by atoms with van der Waals surface area (Å²) in [5.41, 5.74) is 5.44. The van der Waals surface area contributed by atoms with E-state index in [9.17, 15) is 8.42 Å². The van der Waals surface area contributed by atoms with Crippen LogP contribution in [0.2, 0.25) is 0 Å². The molecule has 0 heterocycles. The molecule has 0 amide bonds. The normalized spacial score (nSPS) is 24.4. The highest BCUT2D eigenvalue weighted by Crippen LogP contribution is 2.37. The molecule has 1 unspecified atom stereocenters. The van der Waals surface area contributed by atoms with Crippen molar-refractivity contribution >= 4 is 10.2 Å². The Balaban J connectivity index is 2.60. The Morgan fingerprint density at radius 3 is 2.59 bits per heavy atom. The molecule has 5 nitrogen and oxygen atoms in total. The van der Waals surface area contributed by atoms with Gasteiger partial charge in [-0.2, -0.15) is 17.4 Å². The highest BCUT2D eigenvalue weighted by atomic mass is 32.2. The third-order valence-electron chi connectivity index (χ3n) is 3.64. The minimum Gasteiger partial charge on any atom is -0.330 e. The van der Waals surface area contributed by atoms with E-state index >= 15 is 0 Å². The Morgan fingerprint density at radius 2 is 2.12 bits per heavy atom. The van der Waals surface area contributed by atoms with E-state index in [-0.39, 0.29) is 11.5 Å². The van der Waals surface area contributed by atoms with Crippen LogP contribution in [-0.2, 0) is 10.2 Å². The maximum atomic E-state index is 12.1. The van der Waals surface area contributed by atoms with Crippen molar-refractivity contribution in [2.75, 3.05) is 20.1 Å². The van der Waals surface area contributed by atoms with E-state index < -0.39 is 10.2 Å². The van der Waals surface area contributed by atoms with Gasteiger partial charge in [0.1, 0.15) is 0 Å². The first-order valence-electron chi connectivity index (χ1n) is 6.23. The number of nitrogens with zero attached hydrogens (tertiary/aromatic N) is 1. The molecule has 0 bridgehead atoms. The van der Waals surface area contributed by atoms with Gasteiger partial charge in [0.25, 0.3) is 10.2 Å². The molecule has 0 aliphatic heterocycles. The summed E-state index contributed by atoms with van der Waals surface area (Å²) in [7, 11) is -1.76. The molecule has 102 valence electrons. The third-order valence-corrected chi connectivity index (χ3v) is 5.22. The molecule has 1 aliphatic rings. The zero-order valence-electron chi connectivity index (χ0n) is 11.1. The summed E-state index contributed by atoms with van der Waals surface area (Å²) >= 11 is 0. The van der Waals surface area contributed by atoms with Gasteiger partial charge in [0.2, 0.25) is 0 Å². The van der Waals surface area contributed by atoms with Crippen LogP contribution in [0.25, 0.3) is 0 Å². The van der Waals surface area contributed by atoms with Gasteiger partial charge in [-0.25, -0.2) is 0 Å². The predicted octanol–water partition coefficient (Wildman–Crippen LogP) is 0.680. The van der Waals surface area contributed by atoms with Gasteiger partial charge in [-0.3, -0.25) is 0 Å². The number of rotatable bonds is 6. The fourth-order valence-corrected chi connectivity index (χ4v) is 3.59. The van der Waals surface area contributed by atoms with Crippen molar-refractivity contribution in [1.29, 1.82) is 0 Å². The molecule has 0 radical (unpaired) electrons. The summed E-state index contributed by atoms with van der Waals surface area (Å²) in [5.74, 6) is 0. The first-order valence-corrected chi connectivity index (χ1v) is 7.67. The van der Waals surface area contributed by atoms with Crippen LogP contribution in [-0.4, -0.2) is 38.9 Å². The number of hydrogen-bond acceptors (Lipinski definition) is 3. The van der Waals surface area contributed by atoms with Gasteiger partial charge >= 0.3 is 0 Å². The summed E-state index contributed by atoms with van der Waals surface area (Å²) < 4.78 is 28.3. The van der Waals surface area contributed by atoms with E-state index in [1.165, 1.54) is 4.31 Å². The lowest BCUT2D eigenvalue weighted by molar-refractivity contribution is 0.306. The van der Waals surface area contributed by atoms with Crippen LogP contribution in [0.1, 0.15) is 39.5 Å². The van der Waals surface area contributed by atoms with E-state index in [0.29, 0.717) is 19.5 Å². The monoisotopic (exact) mass is 263 g/mol. The molecule has 0 aromatic rings. The Bertz CT molecular complexity index is 341. The van der Waals surface area contributed by atoms with Crippen molar-refractivity contribution in [3.05, 3.63) is 0 Å². The van der Waals surface area contributed by atoms with Crippen LogP contribution >= 0.6 is 0 Å². The lowest BCUT2D eigenvalue weighted by Crippen LogP contribution is -2.47. The maximum absolute atomic E-state index is 12.1. The van der Waals surface area contributed by atoms with Crippen LogP contribution in [0.5, 0.6) is 0 Å². The second kappa shape index (κ2) is 5.65. The van der Waals surface area contributed by atoms with Gasteiger partial charge in [0.05, 0.1) is 0 Å². The lowest BCUT2D eigenvalue weighted by Gasteiger charge is -2.29. The Kier molecular flexibility index (Phi) is 4.95. The van der Waals surface area contributed by atoms with Crippen LogP contribution in [0.15, 0.2) is 0 Å². The second-order valence-corrected chi connectivity index (χ2v) is 7.33. The first kappa shape index (κ1) is 14.9. The molecule has 1 aliphatic carbocycles.